The smallest absolute Gasteiger partial charge is 0.461 e. The Balaban J connectivity index is 1.83. The zero-order valence-corrected chi connectivity index (χ0v) is 11.9. The molecule has 1 aromatic carbocycles. The highest BCUT2D eigenvalue weighted by Gasteiger charge is 2.27. The zero-order valence-electron chi connectivity index (χ0n) is 11.9. The first-order valence-corrected chi connectivity index (χ1v) is 6.81. The van der Waals surface area contributed by atoms with Crippen molar-refractivity contribution in [3.05, 3.63) is 48.0 Å². The van der Waals surface area contributed by atoms with Crippen molar-refractivity contribution in [2.24, 2.45) is 5.92 Å². The van der Waals surface area contributed by atoms with Crippen LogP contribution in [0.2, 0.25) is 0 Å². The molecule has 0 N–H and O–H groups in total. The van der Waals surface area contributed by atoms with Crippen molar-refractivity contribution in [3.8, 4) is 0 Å². The van der Waals surface area contributed by atoms with E-state index in [4.69, 9.17) is 9.47 Å². The number of carbonyl (C=O) groups excluding carboxylic acids is 2. The number of allylic oxidation sites excluding steroid dienone is 1. The van der Waals surface area contributed by atoms with Gasteiger partial charge in [0.2, 0.25) is 0 Å². The second-order valence-corrected chi connectivity index (χ2v) is 4.80. The fourth-order valence-corrected chi connectivity index (χ4v) is 2.15. The SMILES string of the molecule is COC(=O)O[C@@H]1C=CC[C@H](C(=O)OCc2ccccc2)C1. The number of rotatable bonds is 4. The zero-order chi connectivity index (χ0) is 15.1. The third-order valence-electron chi connectivity index (χ3n) is 3.26. The molecular formula is C16H18O5. The second kappa shape index (κ2) is 7.47. The number of carbonyl (C=O) groups is 2. The Hall–Kier alpha value is -2.30. The molecule has 1 aromatic rings. The van der Waals surface area contributed by atoms with Crippen LogP contribution in [0.3, 0.4) is 0 Å². The maximum absolute atomic E-state index is 12.0. The van der Waals surface area contributed by atoms with E-state index in [9.17, 15) is 9.59 Å². The first kappa shape index (κ1) is 15.1. The molecule has 5 nitrogen and oxygen atoms in total. The normalized spacial score (nSPS) is 20.6. The third kappa shape index (κ3) is 4.63. The molecule has 2 atom stereocenters. The van der Waals surface area contributed by atoms with Crippen molar-refractivity contribution in [1.29, 1.82) is 0 Å². The number of methoxy groups -OCH3 is 1. The van der Waals surface area contributed by atoms with Gasteiger partial charge in [0.1, 0.15) is 12.7 Å². The van der Waals surface area contributed by atoms with Crippen LogP contribution in [0.5, 0.6) is 0 Å². The summed E-state index contributed by atoms with van der Waals surface area (Å²) >= 11 is 0. The molecule has 0 aromatic heterocycles. The first-order valence-electron chi connectivity index (χ1n) is 6.81. The fourth-order valence-electron chi connectivity index (χ4n) is 2.15. The molecular weight excluding hydrogens is 272 g/mol. The van der Waals surface area contributed by atoms with Crippen molar-refractivity contribution in [3.63, 3.8) is 0 Å². The van der Waals surface area contributed by atoms with Gasteiger partial charge in [-0.25, -0.2) is 4.79 Å². The summed E-state index contributed by atoms with van der Waals surface area (Å²) in [6.07, 6.45) is 3.40. The highest BCUT2D eigenvalue weighted by atomic mass is 16.7. The molecule has 0 saturated carbocycles. The summed E-state index contributed by atoms with van der Waals surface area (Å²) in [5.74, 6) is -0.574. The standard InChI is InChI=1S/C16H18O5/c1-19-16(18)21-14-9-5-8-13(10-14)15(17)20-11-12-6-3-2-4-7-12/h2-7,9,13-14H,8,10-11H2,1H3/t13-,14+/m0/s1. The Morgan fingerprint density at radius 3 is 2.71 bits per heavy atom. The van der Waals surface area contributed by atoms with Gasteiger partial charge in [0.05, 0.1) is 13.0 Å². The lowest BCUT2D eigenvalue weighted by Crippen LogP contribution is -2.27. The van der Waals surface area contributed by atoms with E-state index in [1.807, 2.05) is 36.4 Å². The Labute approximate surface area is 123 Å². The van der Waals surface area contributed by atoms with Gasteiger partial charge in [0.25, 0.3) is 0 Å². The summed E-state index contributed by atoms with van der Waals surface area (Å²) in [6, 6.07) is 9.50. The average molecular weight is 290 g/mol. The number of ether oxygens (including phenoxy) is 3. The van der Waals surface area contributed by atoms with Crippen LogP contribution < -0.4 is 0 Å². The number of hydrogen-bond donors (Lipinski definition) is 0. The van der Waals surface area contributed by atoms with Gasteiger partial charge in [-0.2, -0.15) is 0 Å². The Morgan fingerprint density at radius 2 is 2.00 bits per heavy atom. The lowest BCUT2D eigenvalue weighted by atomic mass is 9.92. The van der Waals surface area contributed by atoms with Crippen LogP contribution in [-0.4, -0.2) is 25.3 Å². The Morgan fingerprint density at radius 1 is 1.24 bits per heavy atom. The minimum Gasteiger partial charge on any atom is -0.461 e. The predicted molar refractivity (Wildman–Crippen MR) is 75.4 cm³/mol. The molecule has 0 bridgehead atoms. The molecule has 0 unspecified atom stereocenters. The average Bonchev–Trinajstić information content (AvgIpc) is 2.53. The molecule has 0 saturated heterocycles. The van der Waals surface area contributed by atoms with E-state index < -0.39 is 12.3 Å². The van der Waals surface area contributed by atoms with Crippen LogP contribution in [-0.2, 0) is 25.6 Å². The van der Waals surface area contributed by atoms with Crippen LogP contribution in [0, 0.1) is 5.92 Å². The molecule has 0 aliphatic heterocycles. The number of hydrogen-bond acceptors (Lipinski definition) is 5. The van der Waals surface area contributed by atoms with Gasteiger partial charge >= 0.3 is 12.1 Å². The molecule has 1 aliphatic rings. The van der Waals surface area contributed by atoms with Crippen molar-refractivity contribution < 1.29 is 23.8 Å². The van der Waals surface area contributed by atoms with E-state index in [1.165, 1.54) is 7.11 Å². The predicted octanol–water partition coefficient (Wildman–Crippen LogP) is 2.85. The second-order valence-electron chi connectivity index (χ2n) is 4.80. The summed E-state index contributed by atoms with van der Waals surface area (Å²) in [6.45, 7) is 0.252. The van der Waals surface area contributed by atoms with E-state index in [0.29, 0.717) is 12.8 Å². The molecule has 0 amide bonds. The van der Waals surface area contributed by atoms with Gasteiger partial charge in [-0.3, -0.25) is 4.79 Å². The van der Waals surface area contributed by atoms with Gasteiger partial charge < -0.3 is 14.2 Å². The van der Waals surface area contributed by atoms with E-state index in [2.05, 4.69) is 4.74 Å². The quantitative estimate of drug-likeness (QED) is 0.630. The highest BCUT2D eigenvalue weighted by molar-refractivity contribution is 5.73. The first-order chi connectivity index (χ1) is 10.2. The van der Waals surface area contributed by atoms with Gasteiger partial charge in [0, 0.05) is 6.42 Å². The van der Waals surface area contributed by atoms with E-state index in [0.717, 1.165) is 5.56 Å². The minimum atomic E-state index is -0.747. The highest BCUT2D eigenvalue weighted by Crippen LogP contribution is 2.23. The van der Waals surface area contributed by atoms with E-state index >= 15 is 0 Å². The molecule has 0 fully saturated rings. The summed E-state index contributed by atoms with van der Waals surface area (Å²) < 4.78 is 14.8. The largest absolute Gasteiger partial charge is 0.508 e. The lowest BCUT2D eigenvalue weighted by molar-refractivity contribution is -0.151. The molecule has 5 heteroatoms. The summed E-state index contributed by atoms with van der Waals surface area (Å²) in [5.41, 5.74) is 0.944. The van der Waals surface area contributed by atoms with Gasteiger partial charge in [0.15, 0.2) is 0 Å². The lowest BCUT2D eigenvalue weighted by Gasteiger charge is -2.22. The molecule has 1 aliphatic carbocycles. The molecule has 0 spiro atoms. The monoisotopic (exact) mass is 290 g/mol. The molecule has 0 heterocycles. The number of esters is 1. The van der Waals surface area contributed by atoms with Gasteiger partial charge in [-0.1, -0.05) is 36.4 Å². The van der Waals surface area contributed by atoms with Crippen LogP contribution in [0.4, 0.5) is 4.79 Å². The Bertz CT molecular complexity index is 509. The van der Waals surface area contributed by atoms with Crippen molar-refractivity contribution in [2.75, 3.05) is 7.11 Å². The molecule has 2 rings (SSSR count). The van der Waals surface area contributed by atoms with E-state index in [-0.39, 0.29) is 18.5 Å². The third-order valence-corrected chi connectivity index (χ3v) is 3.26. The van der Waals surface area contributed by atoms with Crippen molar-refractivity contribution >= 4 is 12.1 Å². The van der Waals surface area contributed by atoms with Crippen LogP contribution in [0.15, 0.2) is 42.5 Å². The van der Waals surface area contributed by atoms with Crippen LogP contribution in [0.1, 0.15) is 18.4 Å². The maximum atomic E-state index is 12.0. The Kier molecular flexibility index (Phi) is 5.37. The van der Waals surface area contributed by atoms with Crippen LogP contribution >= 0.6 is 0 Å². The molecule has 112 valence electrons. The van der Waals surface area contributed by atoms with Crippen molar-refractivity contribution in [1.82, 2.24) is 0 Å². The topological polar surface area (TPSA) is 61.8 Å². The number of benzene rings is 1. The maximum Gasteiger partial charge on any atom is 0.508 e. The van der Waals surface area contributed by atoms with Gasteiger partial charge in [-0.15, -0.1) is 0 Å². The fraction of sp³-hybridized carbons (Fsp3) is 0.375. The van der Waals surface area contributed by atoms with Crippen LogP contribution in [0.25, 0.3) is 0 Å². The minimum absolute atomic E-state index is 0.252. The molecule has 21 heavy (non-hydrogen) atoms. The molecule has 0 radical (unpaired) electrons. The van der Waals surface area contributed by atoms with Gasteiger partial charge in [-0.05, 0) is 18.1 Å². The summed E-state index contributed by atoms with van der Waals surface area (Å²) in [5, 5.41) is 0. The summed E-state index contributed by atoms with van der Waals surface area (Å²) in [7, 11) is 1.25. The summed E-state index contributed by atoms with van der Waals surface area (Å²) in [4.78, 5) is 23.1. The van der Waals surface area contributed by atoms with E-state index in [1.54, 1.807) is 6.08 Å². The van der Waals surface area contributed by atoms with Crippen molar-refractivity contribution in [2.45, 2.75) is 25.6 Å².